The Morgan fingerprint density at radius 1 is 1.11 bits per heavy atom. The Bertz CT molecular complexity index is 539. The van der Waals surface area contributed by atoms with Gasteiger partial charge in [0.25, 0.3) is 0 Å². The molecule has 3 heteroatoms. The maximum atomic E-state index is 4.65. The molecule has 2 aromatic rings. The summed E-state index contributed by atoms with van der Waals surface area (Å²) in [6, 6.07) is 12.3. The van der Waals surface area contributed by atoms with Gasteiger partial charge in [-0.2, -0.15) is 0 Å². The molecule has 0 amide bonds. The summed E-state index contributed by atoms with van der Waals surface area (Å²) in [5, 5.41) is 3.30. The fourth-order valence-electron chi connectivity index (χ4n) is 2.08. The second-order valence-electron chi connectivity index (χ2n) is 5.46. The largest absolute Gasteiger partial charge is 0.324 e. The molecule has 1 fully saturated rings. The molecule has 1 saturated carbocycles. The molecule has 0 atom stereocenters. The van der Waals surface area contributed by atoms with E-state index in [2.05, 4.69) is 35.2 Å². The quantitative estimate of drug-likeness (QED) is 0.886. The van der Waals surface area contributed by atoms with Gasteiger partial charge < -0.3 is 5.32 Å². The molecule has 19 heavy (non-hydrogen) atoms. The van der Waals surface area contributed by atoms with Crippen molar-refractivity contribution in [1.82, 2.24) is 9.97 Å². The molecule has 1 aromatic heterocycles. The number of hydrogen-bond acceptors (Lipinski definition) is 3. The summed E-state index contributed by atoms with van der Waals surface area (Å²) >= 11 is 0. The van der Waals surface area contributed by atoms with Crippen molar-refractivity contribution >= 4 is 11.6 Å². The second-order valence-corrected chi connectivity index (χ2v) is 5.46. The summed E-state index contributed by atoms with van der Waals surface area (Å²) in [5.41, 5.74) is 3.35. The van der Waals surface area contributed by atoms with Gasteiger partial charge in [0.15, 0.2) is 0 Å². The molecule has 98 valence electrons. The molecule has 1 N–H and O–H groups in total. The molecule has 0 radical (unpaired) electrons. The Morgan fingerprint density at radius 2 is 1.84 bits per heavy atom. The second kappa shape index (κ2) is 5.00. The molecule has 0 spiro atoms. The van der Waals surface area contributed by atoms with Gasteiger partial charge >= 0.3 is 0 Å². The van der Waals surface area contributed by atoms with E-state index in [1.54, 1.807) is 0 Å². The minimum atomic E-state index is 0.428. The Hall–Kier alpha value is -1.90. The summed E-state index contributed by atoms with van der Waals surface area (Å²) in [5.74, 6) is 1.80. The highest BCUT2D eigenvalue weighted by molar-refractivity contribution is 5.53. The van der Waals surface area contributed by atoms with E-state index in [9.17, 15) is 0 Å². The first-order valence-electron chi connectivity index (χ1n) is 6.93. The topological polar surface area (TPSA) is 37.8 Å². The van der Waals surface area contributed by atoms with Crippen molar-refractivity contribution < 1.29 is 0 Å². The van der Waals surface area contributed by atoms with Crippen molar-refractivity contribution in [3.8, 4) is 0 Å². The lowest BCUT2D eigenvalue weighted by atomic mass is 10.1. The summed E-state index contributed by atoms with van der Waals surface area (Å²) in [6.07, 6.45) is 2.53. The van der Waals surface area contributed by atoms with Crippen LogP contribution in [-0.2, 0) is 0 Å². The van der Waals surface area contributed by atoms with Crippen molar-refractivity contribution in [2.75, 3.05) is 5.32 Å². The maximum Gasteiger partial charge on any atom is 0.227 e. The van der Waals surface area contributed by atoms with Crippen LogP contribution in [0.25, 0.3) is 0 Å². The van der Waals surface area contributed by atoms with Gasteiger partial charge in [0.1, 0.15) is 0 Å². The van der Waals surface area contributed by atoms with Gasteiger partial charge in [-0.05, 0) is 37.0 Å². The lowest BCUT2D eigenvalue weighted by Crippen LogP contribution is -2.04. The van der Waals surface area contributed by atoms with Crippen LogP contribution in [0.4, 0.5) is 11.6 Å². The summed E-state index contributed by atoms with van der Waals surface area (Å²) < 4.78 is 0. The van der Waals surface area contributed by atoms with Gasteiger partial charge in [0.05, 0.1) is 0 Å². The van der Waals surface area contributed by atoms with Crippen LogP contribution in [0.2, 0.25) is 0 Å². The fourth-order valence-corrected chi connectivity index (χ4v) is 2.08. The van der Waals surface area contributed by atoms with Crippen molar-refractivity contribution in [3.05, 3.63) is 47.8 Å². The lowest BCUT2D eigenvalue weighted by Gasteiger charge is -2.11. The number of anilines is 2. The Kier molecular flexibility index (Phi) is 3.20. The first-order chi connectivity index (χ1) is 9.22. The van der Waals surface area contributed by atoms with E-state index in [1.165, 1.54) is 18.5 Å². The first-order valence-corrected chi connectivity index (χ1v) is 6.93. The third kappa shape index (κ3) is 2.92. The van der Waals surface area contributed by atoms with Gasteiger partial charge in [0.2, 0.25) is 5.95 Å². The molecular weight excluding hydrogens is 234 g/mol. The van der Waals surface area contributed by atoms with E-state index >= 15 is 0 Å². The van der Waals surface area contributed by atoms with E-state index in [0.29, 0.717) is 11.8 Å². The molecule has 1 aromatic carbocycles. The molecule has 0 aliphatic heterocycles. The molecule has 0 bridgehead atoms. The van der Waals surface area contributed by atoms with Gasteiger partial charge in [-0.1, -0.05) is 32.0 Å². The fraction of sp³-hybridized carbons (Fsp3) is 0.375. The van der Waals surface area contributed by atoms with Crippen LogP contribution >= 0.6 is 0 Å². The van der Waals surface area contributed by atoms with Gasteiger partial charge in [-0.25, -0.2) is 9.97 Å². The first kappa shape index (κ1) is 12.2. The monoisotopic (exact) mass is 253 g/mol. The zero-order valence-corrected chi connectivity index (χ0v) is 11.4. The lowest BCUT2D eigenvalue weighted by molar-refractivity contribution is 0.805. The summed E-state index contributed by atoms with van der Waals surface area (Å²) in [4.78, 5) is 9.27. The van der Waals surface area contributed by atoms with Crippen molar-refractivity contribution in [1.29, 1.82) is 0 Å². The van der Waals surface area contributed by atoms with Gasteiger partial charge in [-0.15, -0.1) is 0 Å². The average Bonchev–Trinajstić information content (AvgIpc) is 3.24. The standard InChI is InChI=1S/C16H19N3/c1-11(2)14-10-15(12-8-9-12)19-16(18-14)17-13-6-4-3-5-7-13/h3-7,10-12H,8-9H2,1-2H3,(H,17,18,19). The third-order valence-corrected chi connectivity index (χ3v) is 3.38. The van der Waals surface area contributed by atoms with E-state index in [4.69, 9.17) is 0 Å². The predicted octanol–water partition coefficient (Wildman–Crippen LogP) is 4.22. The summed E-state index contributed by atoms with van der Waals surface area (Å²) in [7, 11) is 0. The van der Waals surface area contributed by atoms with Crippen molar-refractivity contribution in [3.63, 3.8) is 0 Å². The number of aromatic nitrogens is 2. The van der Waals surface area contributed by atoms with E-state index in [0.717, 1.165) is 17.3 Å². The Morgan fingerprint density at radius 3 is 2.47 bits per heavy atom. The number of nitrogens with zero attached hydrogens (tertiary/aromatic N) is 2. The zero-order valence-electron chi connectivity index (χ0n) is 11.4. The van der Waals surface area contributed by atoms with Crippen molar-refractivity contribution in [2.45, 2.75) is 38.5 Å². The number of para-hydroxylation sites is 1. The molecule has 1 aliphatic rings. The minimum absolute atomic E-state index is 0.428. The van der Waals surface area contributed by atoms with Crippen LogP contribution in [0, 0.1) is 0 Å². The molecule has 1 aliphatic carbocycles. The zero-order chi connectivity index (χ0) is 13.2. The normalized spacial score (nSPS) is 14.7. The van der Waals surface area contributed by atoms with Gasteiger partial charge in [0, 0.05) is 23.0 Å². The molecule has 0 unspecified atom stereocenters. The van der Waals surface area contributed by atoms with Crippen LogP contribution in [0.3, 0.4) is 0 Å². The molecular formula is C16H19N3. The highest BCUT2D eigenvalue weighted by atomic mass is 15.1. The van der Waals surface area contributed by atoms with Crippen LogP contribution < -0.4 is 5.32 Å². The molecule has 3 rings (SSSR count). The molecule has 1 heterocycles. The Balaban J connectivity index is 1.91. The predicted molar refractivity (Wildman–Crippen MR) is 77.8 cm³/mol. The number of nitrogens with one attached hydrogen (secondary N) is 1. The number of hydrogen-bond donors (Lipinski definition) is 1. The smallest absolute Gasteiger partial charge is 0.227 e. The molecule has 0 saturated heterocycles. The number of benzene rings is 1. The van der Waals surface area contributed by atoms with Crippen LogP contribution in [-0.4, -0.2) is 9.97 Å². The Labute approximate surface area is 114 Å². The van der Waals surface area contributed by atoms with E-state index < -0.39 is 0 Å². The SMILES string of the molecule is CC(C)c1cc(C2CC2)nc(Nc2ccccc2)n1. The average molecular weight is 253 g/mol. The van der Waals surface area contributed by atoms with Gasteiger partial charge in [-0.3, -0.25) is 0 Å². The van der Waals surface area contributed by atoms with E-state index in [-0.39, 0.29) is 0 Å². The van der Waals surface area contributed by atoms with Crippen LogP contribution in [0.5, 0.6) is 0 Å². The highest BCUT2D eigenvalue weighted by Gasteiger charge is 2.26. The minimum Gasteiger partial charge on any atom is -0.324 e. The highest BCUT2D eigenvalue weighted by Crippen LogP contribution is 2.40. The maximum absolute atomic E-state index is 4.65. The van der Waals surface area contributed by atoms with Crippen LogP contribution in [0.1, 0.15) is 49.9 Å². The van der Waals surface area contributed by atoms with Crippen molar-refractivity contribution in [2.24, 2.45) is 0 Å². The number of rotatable bonds is 4. The third-order valence-electron chi connectivity index (χ3n) is 3.38. The summed E-state index contributed by atoms with van der Waals surface area (Å²) in [6.45, 7) is 4.34. The van der Waals surface area contributed by atoms with E-state index in [1.807, 2.05) is 30.3 Å². The molecule has 3 nitrogen and oxygen atoms in total. The van der Waals surface area contributed by atoms with Crippen LogP contribution in [0.15, 0.2) is 36.4 Å².